The first kappa shape index (κ1) is 76.2. The Morgan fingerprint density at radius 1 is 0.254 bits per heavy atom. The van der Waals surface area contributed by atoms with Gasteiger partial charge >= 0.3 is 0 Å². The molecule has 0 saturated heterocycles. The van der Waals surface area contributed by atoms with E-state index in [1.807, 2.05) is 0 Å². The minimum atomic E-state index is -0.375. The normalized spacial score (nSPS) is 15.3. The molecule has 0 atom stereocenters. The van der Waals surface area contributed by atoms with Gasteiger partial charge in [-0.25, -0.2) is 0 Å². The van der Waals surface area contributed by atoms with Gasteiger partial charge < -0.3 is 13.7 Å². The first-order chi connectivity index (χ1) is 57.6. The smallest absolute Gasteiger partial charge is 0.144 e. The molecule has 0 aliphatic heterocycles. The minimum absolute atomic E-state index is 0.0238. The number of furan rings is 2. The lowest BCUT2D eigenvalue weighted by atomic mass is 9.70. The third-order valence-electron chi connectivity index (χ3n) is 29.8. The van der Waals surface area contributed by atoms with Gasteiger partial charge in [-0.1, -0.05) is 361 Å². The van der Waals surface area contributed by atoms with Crippen molar-refractivity contribution >= 4 is 71.7 Å². The van der Waals surface area contributed by atoms with Crippen LogP contribution in [0.4, 0.5) is 17.1 Å². The Kier molecular flexibility index (Phi) is 19.4. The van der Waals surface area contributed by atoms with Crippen molar-refractivity contribution in [1.82, 2.24) is 0 Å². The van der Waals surface area contributed by atoms with Crippen LogP contribution in [0.1, 0.15) is 279 Å². The molecule has 20 rings (SSSR count). The molecule has 15 aromatic rings. The predicted molar refractivity (Wildman–Crippen MR) is 503 cm³/mol. The highest BCUT2D eigenvalue weighted by molar-refractivity contribution is 6.22. The van der Waals surface area contributed by atoms with Gasteiger partial charge in [0.15, 0.2) is 0 Å². The highest BCUT2D eigenvalue weighted by atomic mass is 16.3. The molecule has 5 aliphatic rings. The molecule has 5 aliphatic carbocycles. The van der Waals surface area contributed by atoms with Crippen molar-refractivity contribution in [3.8, 4) is 77.9 Å². The van der Waals surface area contributed by atoms with E-state index >= 15 is 0 Å². The van der Waals surface area contributed by atoms with Gasteiger partial charge in [0, 0.05) is 76.8 Å². The summed E-state index contributed by atoms with van der Waals surface area (Å²) in [5.41, 5.74) is 39.2. The topological polar surface area (TPSA) is 29.5 Å². The number of fused-ring (bicyclic) bond motifs is 26. The molecule has 2 aromatic heterocycles. The van der Waals surface area contributed by atoms with Crippen LogP contribution in [0.3, 0.4) is 0 Å². The Hall–Kier alpha value is -10.5. The summed E-state index contributed by atoms with van der Waals surface area (Å²) in [5, 5.41) is 7.32. The Balaban J connectivity index is 0.733. The Morgan fingerprint density at radius 2 is 0.644 bits per heavy atom. The number of hydrogen-bond donors (Lipinski definition) is 0. The number of unbranched alkanes of at least 4 members (excludes halogenated alkanes) is 16. The molecule has 594 valence electrons. The minimum Gasteiger partial charge on any atom is -0.455 e. The van der Waals surface area contributed by atoms with E-state index in [4.69, 9.17) is 8.83 Å². The summed E-state index contributed by atoms with van der Waals surface area (Å²) in [6.45, 7) is 24.3. The van der Waals surface area contributed by atoms with Gasteiger partial charge in [-0.2, -0.15) is 0 Å². The van der Waals surface area contributed by atoms with Gasteiger partial charge in [0.1, 0.15) is 22.3 Å². The molecule has 0 spiro atoms. The molecule has 3 heteroatoms. The lowest BCUT2D eigenvalue weighted by Gasteiger charge is -2.35. The maximum Gasteiger partial charge on any atom is 0.144 e. The van der Waals surface area contributed by atoms with E-state index in [-0.39, 0.29) is 27.1 Å². The number of anilines is 3. The molecule has 0 radical (unpaired) electrons. The number of para-hydroxylation sites is 2. The lowest BCUT2D eigenvalue weighted by Crippen LogP contribution is -2.26. The molecule has 0 saturated carbocycles. The Morgan fingerprint density at radius 3 is 1.25 bits per heavy atom. The second kappa shape index (κ2) is 30.1. The van der Waals surface area contributed by atoms with Crippen molar-refractivity contribution in [1.29, 1.82) is 0 Å². The molecule has 0 fully saturated rings. The Bertz CT molecular complexity index is 6420. The summed E-state index contributed by atoms with van der Waals surface area (Å²) in [7, 11) is 0. The van der Waals surface area contributed by atoms with Crippen molar-refractivity contribution in [2.24, 2.45) is 0 Å². The first-order valence-corrected chi connectivity index (χ1v) is 45.9. The van der Waals surface area contributed by atoms with Gasteiger partial charge in [0.25, 0.3) is 0 Å². The molecule has 2 heterocycles. The van der Waals surface area contributed by atoms with E-state index < -0.39 is 0 Å². The summed E-state index contributed by atoms with van der Waals surface area (Å²) >= 11 is 0. The fourth-order valence-corrected chi connectivity index (χ4v) is 23.8. The zero-order valence-corrected chi connectivity index (χ0v) is 71.8. The highest BCUT2D eigenvalue weighted by Crippen LogP contribution is 2.66. The number of benzene rings is 13. The molecule has 13 aromatic carbocycles. The van der Waals surface area contributed by atoms with Crippen LogP contribution in [0.15, 0.2) is 245 Å². The summed E-state index contributed by atoms with van der Waals surface area (Å²) in [4.78, 5) is 2.63. The zero-order valence-electron chi connectivity index (χ0n) is 71.8. The zero-order chi connectivity index (χ0) is 80.4. The second-order valence-corrected chi connectivity index (χ2v) is 37.8. The maximum atomic E-state index is 7.50. The monoisotopic (exact) mass is 1540 g/mol. The maximum absolute atomic E-state index is 7.50. The van der Waals surface area contributed by atoms with Crippen LogP contribution in [0, 0.1) is 0 Å². The van der Waals surface area contributed by atoms with E-state index in [0.717, 1.165) is 59.4 Å². The fourth-order valence-electron chi connectivity index (χ4n) is 23.8. The third-order valence-corrected chi connectivity index (χ3v) is 29.8. The molecule has 0 bridgehead atoms. The number of nitrogens with zero attached hydrogens (tertiary/aromatic N) is 1. The van der Waals surface area contributed by atoms with Gasteiger partial charge in [0.05, 0.1) is 0 Å². The van der Waals surface area contributed by atoms with Gasteiger partial charge in [-0.3, -0.25) is 0 Å². The lowest BCUT2D eigenvalue weighted by molar-refractivity contribution is 0.399. The van der Waals surface area contributed by atoms with Crippen molar-refractivity contribution in [3.63, 3.8) is 0 Å². The molecular weight excluding hydrogens is 1430 g/mol. The number of rotatable bonds is 29. The van der Waals surface area contributed by atoms with Gasteiger partial charge in [0.2, 0.25) is 0 Å². The predicted octanol–water partition coefficient (Wildman–Crippen LogP) is 34.3. The fraction of sp³-hybridized carbons (Fsp3) is 0.339. The van der Waals surface area contributed by atoms with Crippen LogP contribution < -0.4 is 4.90 Å². The van der Waals surface area contributed by atoms with Crippen molar-refractivity contribution in [2.75, 3.05) is 4.90 Å². The number of hydrogen-bond acceptors (Lipinski definition) is 3. The standard InChI is InChI=1S/C115H117NO2/c1-11-15-19-23-37-63-114(64-38-24-20-16-12-2)93-48-34-29-43-82(93)85-59-53-77(69-97(85)114)76-52-58-83-84-60-54-78(70-95(84)111(5,6)94(83)68-76)91-73-99-102(104-89-45-31-35-49-100(89)117-109(91)104)88-62-57-81(72-98(88)115(99,65-39-25-21-17-13-3)66-40-26-22-18-14-4)116(79-55-51-74-41-27-28-42-75(74)67-79)80-56-61-87-96(71-80)113(9,10)107-103(87)105-90-46-32-36-50-101(90)118-110(105)106-86-44-30-33-47-92(86)112(7,8)108(106)107/h27-36,41-62,67-73H,11-26,37-40,63-66H2,1-10H3. The molecule has 0 amide bonds. The summed E-state index contributed by atoms with van der Waals surface area (Å²) in [6, 6.07) is 93.0. The summed E-state index contributed by atoms with van der Waals surface area (Å²) < 4.78 is 14.7. The van der Waals surface area contributed by atoms with Crippen LogP contribution >= 0.6 is 0 Å². The van der Waals surface area contributed by atoms with Crippen LogP contribution in [-0.4, -0.2) is 0 Å². The molecule has 0 unspecified atom stereocenters. The van der Waals surface area contributed by atoms with Crippen molar-refractivity contribution in [3.05, 3.63) is 292 Å². The largest absolute Gasteiger partial charge is 0.455 e. The van der Waals surface area contributed by atoms with E-state index in [9.17, 15) is 0 Å². The van der Waals surface area contributed by atoms with Crippen molar-refractivity contribution < 1.29 is 8.83 Å². The van der Waals surface area contributed by atoms with Crippen LogP contribution in [0.2, 0.25) is 0 Å². The van der Waals surface area contributed by atoms with Crippen LogP contribution in [0.5, 0.6) is 0 Å². The highest BCUT2D eigenvalue weighted by Gasteiger charge is 2.51. The van der Waals surface area contributed by atoms with Gasteiger partial charge in [-0.05, 0) is 232 Å². The SMILES string of the molecule is CCCCCCCC1(CCCCCCC)c2ccccc2-c2ccc(-c3ccc4c(c3)C(C)(C)c3cc(-c5cc6c(c7c5oc5ccccc57)-c5ccc(N(c7ccc8c(c7)C(C)(C)c7c9c(c%10oc%11ccccc%11c%10c7-8)-c7ccccc7C9(C)C)c7ccc8ccccc8c7)cc5C6(CCCCCCC)CCCCCCC)ccc3-4)cc21. The molecule has 0 N–H and O–H groups in total. The average molecular weight is 1550 g/mol. The van der Waals surface area contributed by atoms with Crippen LogP contribution in [-0.2, 0) is 27.1 Å². The third kappa shape index (κ3) is 12.0. The molecule has 3 nitrogen and oxygen atoms in total. The Labute approximate surface area is 701 Å². The second-order valence-electron chi connectivity index (χ2n) is 37.8. The van der Waals surface area contributed by atoms with E-state index in [0.29, 0.717) is 0 Å². The van der Waals surface area contributed by atoms with E-state index in [1.54, 1.807) is 11.1 Å². The summed E-state index contributed by atoms with van der Waals surface area (Å²) in [5.74, 6) is 0. The molecule has 118 heavy (non-hydrogen) atoms. The quantitative estimate of drug-likeness (QED) is 0.0438. The van der Waals surface area contributed by atoms with Crippen molar-refractivity contribution in [2.45, 2.75) is 250 Å². The average Bonchev–Trinajstić information content (AvgIpc) is 1.50. The molecular formula is C115H117NO2. The van der Waals surface area contributed by atoms with Gasteiger partial charge in [-0.15, -0.1) is 0 Å². The van der Waals surface area contributed by atoms with E-state index in [2.05, 4.69) is 311 Å². The summed E-state index contributed by atoms with van der Waals surface area (Å²) in [6.07, 6.45) is 29.8. The van der Waals surface area contributed by atoms with Crippen LogP contribution in [0.25, 0.3) is 133 Å². The van der Waals surface area contributed by atoms with E-state index in [1.165, 1.54) is 289 Å². The first-order valence-electron chi connectivity index (χ1n) is 45.9.